The van der Waals surface area contributed by atoms with Gasteiger partial charge in [-0.25, -0.2) is 4.39 Å². The Bertz CT molecular complexity index is 1150. The highest BCUT2D eigenvalue weighted by Gasteiger charge is 2.66. The summed E-state index contributed by atoms with van der Waals surface area (Å²) in [5.74, 6) is -8.53. The minimum atomic E-state index is -4.93. The number of hydrogen-bond donors (Lipinski definition) is 2. The Morgan fingerprint density at radius 2 is 1.91 bits per heavy atom. The first-order valence-electron chi connectivity index (χ1n) is 9.75. The second-order valence-corrected chi connectivity index (χ2v) is 8.26. The fourth-order valence-electron chi connectivity index (χ4n) is 3.93. The van der Waals surface area contributed by atoms with Crippen molar-refractivity contribution in [3.05, 3.63) is 52.3 Å². The van der Waals surface area contributed by atoms with E-state index in [1.54, 1.807) is 0 Å². The first-order valence-corrected chi connectivity index (χ1v) is 10.1. The molecule has 2 aromatic rings. The molecule has 1 aliphatic heterocycles. The molecule has 3 N–H and O–H groups in total. The summed E-state index contributed by atoms with van der Waals surface area (Å²) >= 11 is 5.75. The molecule has 13 heteroatoms. The van der Waals surface area contributed by atoms with E-state index in [2.05, 4.69) is 10.3 Å². The molecule has 4 atom stereocenters. The molecule has 1 aromatic heterocycles. The van der Waals surface area contributed by atoms with E-state index in [1.807, 2.05) is 0 Å². The summed E-state index contributed by atoms with van der Waals surface area (Å²) in [6.07, 6.45) is -5.60. The standard InChI is InChI=1S/C21H19ClF5N3O4/c1-8-13(10-7-11(22)14(23)15(24)16(10)33-3)17(34-20(8,2)21(25,26)27)19(32)30-9-4-5-29-12(6-9)18(28)31/h4-8,13,17H,1-3H3,(H2,28,31)(H,29,30,32)/t8-,13-,17-,20-/m0/s1. The summed E-state index contributed by atoms with van der Waals surface area (Å²) < 4.78 is 80.7. The van der Waals surface area contributed by atoms with Crippen LogP contribution in [-0.2, 0) is 9.53 Å². The van der Waals surface area contributed by atoms with Gasteiger partial charge in [-0.3, -0.25) is 14.6 Å². The van der Waals surface area contributed by atoms with Crippen molar-refractivity contribution in [3.63, 3.8) is 0 Å². The smallest absolute Gasteiger partial charge is 0.417 e. The van der Waals surface area contributed by atoms with E-state index in [0.717, 1.165) is 39.3 Å². The molecular weight excluding hydrogens is 489 g/mol. The highest BCUT2D eigenvalue weighted by atomic mass is 35.5. The highest BCUT2D eigenvalue weighted by molar-refractivity contribution is 6.30. The fourth-order valence-corrected chi connectivity index (χ4v) is 4.13. The van der Waals surface area contributed by atoms with Crippen molar-refractivity contribution in [2.45, 2.75) is 37.6 Å². The normalized spacial score (nSPS) is 24.7. The SMILES string of the molecule is COc1c([C@H]2[C@@H](C(=O)Nc3ccnc(C(N)=O)c3)O[C@](C)(C(F)(F)F)[C@H]2C)cc(Cl)c(F)c1F. The summed E-state index contributed by atoms with van der Waals surface area (Å²) in [5, 5.41) is 1.64. The summed E-state index contributed by atoms with van der Waals surface area (Å²) in [6, 6.07) is 3.30. The molecule has 1 saturated heterocycles. The molecule has 0 saturated carbocycles. The van der Waals surface area contributed by atoms with Gasteiger partial charge in [-0.15, -0.1) is 0 Å². The molecule has 1 aliphatic rings. The van der Waals surface area contributed by atoms with Crippen LogP contribution in [0.25, 0.3) is 0 Å². The minimum Gasteiger partial charge on any atom is -0.493 e. The number of carbonyl (C=O) groups excluding carboxylic acids is 2. The summed E-state index contributed by atoms with van der Waals surface area (Å²) in [4.78, 5) is 28.1. The van der Waals surface area contributed by atoms with Gasteiger partial charge >= 0.3 is 6.18 Å². The van der Waals surface area contributed by atoms with E-state index in [-0.39, 0.29) is 16.9 Å². The maximum atomic E-state index is 14.5. The Morgan fingerprint density at radius 3 is 2.47 bits per heavy atom. The number of amides is 2. The summed E-state index contributed by atoms with van der Waals surface area (Å²) in [5.41, 5.74) is 1.83. The number of hydrogen-bond acceptors (Lipinski definition) is 5. The zero-order valence-corrected chi connectivity index (χ0v) is 18.7. The van der Waals surface area contributed by atoms with Gasteiger partial charge in [0, 0.05) is 29.3 Å². The monoisotopic (exact) mass is 507 g/mol. The lowest BCUT2D eigenvalue weighted by molar-refractivity contribution is -0.272. The number of primary amides is 1. The second kappa shape index (κ2) is 8.99. The molecule has 2 heterocycles. The van der Waals surface area contributed by atoms with Crippen molar-refractivity contribution >= 4 is 29.1 Å². The van der Waals surface area contributed by atoms with E-state index >= 15 is 0 Å². The van der Waals surface area contributed by atoms with Crippen molar-refractivity contribution in [3.8, 4) is 5.75 Å². The van der Waals surface area contributed by atoms with E-state index < -0.39 is 63.9 Å². The van der Waals surface area contributed by atoms with Crippen molar-refractivity contribution in [2.75, 3.05) is 12.4 Å². The zero-order valence-electron chi connectivity index (χ0n) is 18.0. The zero-order chi connectivity index (χ0) is 25.6. The van der Waals surface area contributed by atoms with Gasteiger partial charge in [0.25, 0.3) is 11.8 Å². The number of benzene rings is 1. The van der Waals surface area contributed by atoms with Crippen molar-refractivity contribution in [1.82, 2.24) is 4.98 Å². The van der Waals surface area contributed by atoms with Crippen LogP contribution in [0, 0.1) is 17.6 Å². The van der Waals surface area contributed by atoms with Gasteiger partial charge in [-0.1, -0.05) is 18.5 Å². The van der Waals surface area contributed by atoms with E-state index in [9.17, 15) is 31.5 Å². The number of pyridine rings is 1. The number of nitrogens with zero attached hydrogens (tertiary/aromatic N) is 1. The quantitative estimate of drug-likeness (QED) is 0.466. The molecule has 0 unspecified atom stereocenters. The predicted molar refractivity (Wildman–Crippen MR) is 111 cm³/mol. The Balaban J connectivity index is 2.12. The van der Waals surface area contributed by atoms with Crippen LogP contribution in [0.1, 0.15) is 35.8 Å². The number of ether oxygens (including phenoxy) is 2. The van der Waals surface area contributed by atoms with Crippen molar-refractivity contribution in [2.24, 2.45) is 11.7 Å². The lowest BCUT2D eigenvalue weighted by Gasteiger charge is -2.32. The largest absolute Gasteiger partial charge is 0.493 e. The lowest BCUT2D eigenvalue weighted by atomic mass is 9.77. The van der Waals surface area contributed by atoms with Crippen LogP contribution in [0.4, 0.5) is 27.6 Å². The molecule has 1 fully saturated rings. The summed E-state index contributed by atoms with van der Waals surface area (Å²) in [6.45, 7) is 1.92. The minimum absolute atomic E-state index is 0.000279. The van der Waals surface area contributed by atoms with Crippen LogP contribution in [0.15, 0.2) is 24.4 Å². The van der Waals surface area contributed by atoms with Gasteiger partial charge in [0.1, 0.15) is 11.8 Å². The van der Waals surface area contributed by atoms with Crippen molar-refractivity contribution < 1.29 is 41.0 Å². The van der Waals surface area contributed by atoms with Gasteiger partial charge in [0.15, 0.2) is 17.2 Å². The number of nitrogens with two attached hydrogens (primary N) is 1. The van der Waals surface area contributed by atoms with Gasteiger partial charge in [0.2, 0.25) is 5.82 Å². The molecule has 2 amide bonds. The van der Waals surface area contributed by atoms with Gasteiger partial charge in [-0.05, 0) is 25.1 Å². The van der Waals surface area contributed by atoms with Gasteiger partial charge in [0.05, 0.1) is 12.1 Å². The van der Waals surface area contributed by atoms with Crippen LogP contribution in [0.5, 0.6) is 5.75 Å². The molecule has 0 spiro atoms. The van der Waals surface area contributed by atoms with E-state index in [4.69, 9.17) is 26.8 Å². The number of nitrogens with one attached hydrogen (secondary N) is 1. The average Bonchev–Trinajstić information content (AvgIpc) is 3.04. The summed E-state index contributed by atoms with van der Waals surface area (Å²) in [7, 11) is 0.996. The third kappa shape index (κ3) is 4.27. The first kappa shape index (κ1) is 25.6. The predicted octanol–water partition coefficient (Wildman–Crippen LogP) is 4.20. The second-order valence-electron chi connectivity index (χ2n) is 7.85. The molecular formula is C21H19ClF5N3O4. The maximum Gasteiger partial charge on any atom is 0.417 e. The number of halogens is 6. The number of rotatable bonds is 5. The maximum absolute atomic E-state index is 14.5. The molecule has 1 aromatic carbocycles. The third-order valence-electron chi connectivity index (χ3n) is 5.92. The lowest BCUT2D eigenvalue weighted by Crippen LogP contribution is -2.47. The van der Waals surface area contributed by atoms with Crippen LogP contribution in [0.2, 0.25) is 5.02 Å². The van der Waals surface area contributed by atoms with Crippen LogP contribution in [0.3, 0.4) is 0 Å². The Morgan fingerprint density at radius 1 is 1.26 bits per heavy atom. The molecule has 34 heavy (non-hydrogen) atoms. The Kier molecular flexibility index (Phi) is 6.78. The van der Waals surface area contributed by atoms with E-state index in [0.29, 0.717) is 0 Å². The molecule has 0 bridgehead atoms. The van der Waals surface area contributed by atoms with E-state index in [1.165, 1.54) is 6.07 Å². The topological polar surface area (TPSA) is 104 Å². The van der Waals surface area contributed by atoms with Gasteiger partial charge < -0.3 is 20.5 Å². The number of aromatic nitrogens is 1. The molecule has 184 valence electrons. The number of alkyl halides is 3. The van der Waals surface area contributed by atoms with Gasteiger partial charge in [-0.2, -0.15) is 17.6 Å². The number of methoxy groups -OCH3 is 1. The van der Waals surface area contributed by atoms with Crippen LogP contribution >= 0.6 is 11.6 Å². The first-order chi connectivity index (χ1) is 15.7. The Labute approximate surface area is 195 Å². The number of anilines is 1. The molecule has 0 radical (unpaired) electrons. The third-order valence-corrected chi connectivity index (χ3v) is 6.19. The highest BCUT2D eigenvalue weighted by Crippen LogP contribution is 2.55. The molecule has 7 nitrogen and oxygen atoms in total. The fraction of sp³-hybridized carbons (Fsp3) is 0.381. The number of carbonyl (C=O) groups is 2. The average molecular weight is 508 g/mol. The van der Waals surface area contributed by atoms with Crippen LogP contribution < -0.4 is 15.8 Å². The van der Waals surface area contributed by atoms with Crippen molar-refractivity contribution in [1.29, 1.82) is 0 Å². The van der Waals surface area contributed by atoms with Crippen LogP contribution in [-0.4, -0.2) is 41.8 Å². The molecule has 3 rings (SSSR count). The Hall–Kier alpha value is -2.99. The molecule has 0 aliphatic carbocycles.